The molecule has 2 bridgehead atoms. The second kappa shape index (κ2) is 10.6. The number of hydrogen-bond donors (Lipinski definition) is 4. The molecule has 11 heteroatoms. The maximum atomic E-state index is 13.6. The van der Waals surface area contributed by atoms with E-state index >= 15 is 0 Å². The molecule has 0 spiro atoms. The molecule has 198 valence electrons. The first-order chi connectivity index (χ1) is 17.7. The van der Waals surface area contributed by atoms with Crippen LogP contribution in [0.5, 0.6) is 11.5 Å². The van der Waals surface area contributed by atoms with Gasteiger partial charge in [0.1, 0.15) is 17.3 Å². The van der Waals surface area contributed by atoms with Crippen molar-refractivity contribution < 1.29 is 28.6 Å². The average molecular weight is 552 g/mol. The van der Waals surface area contributed by atoms with E-state index in [-0.39, 0.29) is 59.3 Å². The number of carbonyl (C=O) groups is 2. The lowest BCUT2D eigenvalue weighted by molar-refractivity contribution is -0.132. The monoisotopic (exact) mass is 551 g/mol. The number of benzene rings is 2. The van der Waals surface area contributed by atoms with Crippen molar-refractivity contribution in [1.29, 1.82) is 0 Å². The Kier molecular flexibility index (Phi) is 7.49. The fourth-order valence-corrected chi connectivity index (χ4v) is 5.94. The number of amides is 2. The summed E-state index contributed by atoms with van der Waals surface area (Å²) in [6.07, 6.45) is 1.88. The lowest BCUT2D eigenvalue weighted by Gasteiger charge is -2.41. The summed E-state index contributed by atoms with van der Waals surface area (Å²) in [5.41, 5.74) is 0.483. The van der Waals surface area contributed by atoms with Crippen molar-refractivity contribution in [3.8, 4) is 11.5 Å². The lowest BCUT2D eigenvalue weighted by Crippen LogP contribution is -2.56. The Morgan fingerprint density at radius 1 is 1.16 bits per heavy atom. The highest BCUT2D eigenvalue weighted by atomic mass is 35.5. The Labute approximate surface area is 223 Å². The molecule has 6 rings (SSSR count). The van der Waals surface area contributed by atoms with Gasteiger partial charge in [-0.2, -0.15) is 0 Å². The van der Waals surface area contributed by atoms with Crippen LogP contribution in [0, 0.1) is 11.7 Å². The summed E-state index contributed by atoms with van der Waals surface area (Å²) in [5.74, 6) is -0.0371. The van der Waals surface area contributed by atoms with Gasteiger partial charge in [0.25, 0.3) is 11.8 Å². The molecule has 0 radical (unpaired) electrons. The number of aliphatic hydroxyl groups excluding tert-OH is 1. The minimum absolute atomic E-state index is 0.0148. The number of nitrogens with one attached hydrogen (secondary N) is 3. The molecular weight excluding hydrogens is 524 g/mol. The summed E-state index contributed by atoms with van der Waals surface area (Å²) in [6.45, 7) is 0.114. The Morgan fingerprint density at radius 2 is 1.97 bits per heavy atom. The fourth-order valence-electron chi connectivity index (χ4n) is 5.64. The van der Waals surface area contributed by atoms with Gasteiger partial charge in [-0.1, -0.05) is 23.2 Å². The van der Waals surface area contributed by atoms with Crippen LogP contribution in [0.1, 0.15) is 37.3 Å². The van der Waals surface area contributed by atoms with E-state index in [0.717, 1.165) is 24.5 Å². The van der Waals surface area contributed by atoms with Crippen LogP contribution in [0.2, 0.25) is 10.0 Å². The van der Waals surface area contributed by atoms with Crippen molar-refractivity contribution >= 4 is 35.0 Å². The molecule has 3 fully saturated rings. The van der Waals surface area contributed by atoms with Gasteiger partial charge < -0.3 is 30.5 Å². The largest absolute Gasteiger partial charge is 0.484 e. The van der Waals surface area contributed by atoms with Crippen LogP contribution in [0.15, 0.2) is 36.4 Å². The van der Waals surface area contributed by atoms with Gasteiger partial charge in [-0.3, -0.25) is 9.59 Å². The molecule has 3 saturated carbocycles. The van der Waals surface area contributed by atoms with Crippen molar-refractivity contribution in [2.75, 3.05) is 19.8 Å². The number of carbonyl (C=O) groups excluding carboxylic acids is 2. The number of aliphatic hydroxyl groups is 1. The predicted octanol–water partition coefficient (Wildman–Crippen LogP) is 3.14. The van der Waals surface area contributed by atoms with E-state index in [1.807, 2.05) is 6.07 Å². The normalized spacial score (nSPS) is 27.5. The zero-order valence-electron chi connectivity index (χ0n) is 19.9. The highest BCUT2D eigenvalue weighted by Crippen LogP contribution is 2.52. The van der Waals surface area contributed by atoms with Gasteiger partial charge in [-0.25, -0.2) is 4.39 Å². The Bertz CT molecular complexity index is 1190. The number of halogens is 3. The van der Waals surface area contributed by atoms with E-state index < -0.39 is 11.9 Å². The molecule has 0 aromatic heterocycles. The second-order valence-corrected chi connectivity index (χ2v) is 10.8. The van der Waals surface area contributed by atoms with Gasteiger partial charge in [0.2, 0.25) is 0 Å². The van der Waals surface area contributed by atoms with Crippen molar-refractivity contribution in [1.82, 2.24) is 16.0 Å². The summed E-state index contributed by atoms with van der Waals surface area (Å²) in [7, 11) is 0. The van der Waals surface area contributed by atoms with Crippen molar-refractivity contribution in [3.63, 3.8) is 0 Å². The molecule has 4 aliphatic rings. The molecule has 8 nitrogen and oxygen atoms in total. The van der Waals surface area contributed by atoms with Gasteiger partial charge in [-0.05, 0) is 55.5 Å². The van der Waals surface area contributed by atoms with Crippen LogP contribution >= 0.6 is 23.2 Å². The first-order valence-corrected chi connectivity index (χ1v) is 13.0. The molecule has 3 atom stereocenters. The van der Waals surface area contributed by atoms with Gasteiger partial charge in [0.05, 0.1) is 11.6 Å². The van der Waals surface area contributed by atoms with Gasteiger partial charge in [0.15, 0.2) is 12.7 Å². The van der Waals surface area contributed by atoms with Crippen LogP contribution in [0.3, 0.4) is 0 Å². The number of hydrogen-bond acceptors (Lipinski definition) is 6. The van der Waals surface area contributed by atoms with E-state index in [4.69, 9.17) is 32.7 Å². The number of ether oxygens (including phenoxy) is 2. The SMILES string of the molecule is O=C(COc1ccc(Cl)c(F)c1)NC1CC2(NC(=O)[C@H]3C[C@@H](NCCO)c4cc(Cl)ccc4O3)CC1C2. The van der Waals surface area contributed by atoms with E-state index in [0.29, 0.717) is 30.2 Å². The summed E-state index contributed by atoms with van der Waals surface area (Å²) in [6, 6.07) is 9.04. The molecule has 1 aliphatic heterocycles. The first-order valence-electron chi connectivity index (χ1n) is 12.2. The molecule has 1 unspecified atom stereocenters. The lowest BCUT2D eigenvalue weighted by atomic mass is 9.76. The molecule has 3 aliphatic carbocycles. The molecule has 2 aromatic rings. The summed E-state index contributed by atoms with van der Waals surface area (Å²) in [4.78, 5) is 25.7. The molecule has 37 heavy (non-hydrogen) atoms. The Morgan fingerprint density at radius 3 is 2.73 bits per heavy atom. The molecule has 4 N–H and O–H groups in total. The number of fused-ring (bicyclic) bond motifs is 2. The summed E-state index contributed by atoms with van der Waals surface area (Å²) < 4.78 is 25.0. The molecule has 2 amide bonds. The fraction of sp³-hybridized carbons (Fsp3) is 0.462. The highest BCUT2D eigenvalue weighted by Gasteiger charge is 2.57. The summed E-state index contributed by atoms with van der Waals surface area (Å²) >= 11 is 11.8. The minimum atomic E-state index is -0.694. The standard InChI is InChI=1S/C26H28Cl2FN3O5/c27-15-1-4-22-17(7-15)20(30-5-6-33)9-23(37-22)25(35)32-26-10-14(11-26)21(12-26)31-24(34)13-36-16-2-3-18(28)19(29)8-16/h1-4,7-8,14,20-21,23,30,33H,5-6,9-13H2,(H,31,34)(H,32,35)/t14?,20-,21?,23-,26?/m1/s1. The van der Waals surface area contributed by atoms with E-state index in [1.165, 1.54) is 12.1 Å². The van der Waals surface area contributed by atoms with E-state index in [9.17, 15) is 19.1 Å². The Balaban J connectivity index is 1.14. The molecular formula is C26H28Cl2FN3O5. The zero-order chi connectivity index (χ0) is 26.2. The predicted molar refractivity (Wildman–Crippen MR) is 135 cm³/mol. The topological polar surface area (TPSA) is 109 Å². The molecule has 1 heterocycles. The van der Waals surface area contributed by atoms with Crippen LogP contribution < -0.4 is 25.4 Å². The maximum Gasteiger partial charge on any atom is 0.261 e. The second-order valence-electron chi connectivity index (χ2n) is 9.94. The van der Waals surface area contributed by atoms with Gasteiger partial charge in [-0.15, -0.1) is 0 Å². The third-order valence-electron chi connectivity index (χ3n) is 7.34. The van der Waals surface area contributed by atoms with Gasteiger partial charge in [0, 0.05) is 47.2 Å². The van der Waals surface area contributed by atoms with Crippen LogP contribution in [0.4, 0.5) is 4.39 Å². The zero-order valence-corrected chi connectivity index (χ0v) is 21.4. The average Bonchev–Trinajstić information content (AvgIpc) is 3.36. The first kappa shape index (κ1) is 26.0. The van der Waals surface area contributed by atoms with Crippen LogP contribution in [-0.4, -0.2) is 54.4 Å². The quantitative estimate of drug-likeness (QED) is 0.381. The van der Waals surface area contributed by atoms with E-state index in [1.54, 1.807) is 12.1 Å². The van der Waals surface area contributed by atoms with Crippen molar-refractivity contribution in [2.24, 2.45) is 5.92 Å². The number of rotatable bonds is 9. The Hall–Kier alpha value is -2.59. The van der Waals surface area contributed by atoms with Crippen LogP contribution in [0.25, 0.3) is 0 Å². The van der Waals surface area contributed by atoms with Gasteiger partial charge >= 0.3 is 0 Å². The van der Waals surface area contributed by atoms with Crippen LogP contribution in [-0.2, 0) is 9.59 Å². The van der Waals surface area contributed by atoms with Crippen molar-refractivity contribution in [3.05, 3.63) is 57.8 Å². The molecule has 2 aromatic carbocycles. The van der Waals surface area contributed by atoms with Crippen molar-refractivity contribution in [2.45, 2.75) is 49.4 Å². The minimum Gasteiger partial charge on any atom is -0.484 e. The third kappa shape index (κ3) is 5.65. The van der Waals surface area contributed by atoms with E-state index in [2.05, 4.69) is 16.0 Å². The smallest absolute Gasteiger partial charge is 0.261 e. The third-order valence-corrected chi connectivity index (χ3v) is 7.88. The highest BCUT2D eigenvalue weighted by molar-refractivity contribution is 6.31. The summed E-state index contributed by atoms with van der Waals surface area (Å²) in [5, 5.41) is 19.2. The maximum absolute atomic E-state index is 13.6. The molecule has 0 saturated heterocycles.